The molecule has 0 aromatic heterocycles. The van der Waals surface area contributed by atoms with Crippen LogP contribution >= 0.6 is 11.6 Å². The van der Waals surface area contributed by atoms with Gasteiger partial charge in [0.05, 0.1) is 7.11 Å². The van der Waals surface area contributed by atoms with E-state index < -0.39 is 5.82 Å². The van der Waals surface area contributed by atoms with Crippen molar-refractivity contribution in [3.63, 3.8) is 0 Å². The van der Waals surface area contributed by atoms with Crippen LogP contribution in [0.15, 0.2) is 36.4 Å². The van der Waals surface area contributed by atoms with Gasteiger partial charge in [-0.25, -0.2) is 4.39 Å². The first-order valence-electron chi connectivity index (χ1n) is 6.58. The van der Waals surface area contributed by atoms with Crippen molar-refractivity contribution in [2.75, 3.05) is 13.7 Å². The Labute approximate surface area is 128 Å². The van der Waals surface area contributed by atoms with Gasteiger partial charge in [0.25, 0.3) is 0 Å². The summed E-state index contributed by atoms with van der Waals surface area (Å²) in [5.74, 6) is 0.473. The van der Waals surface area contributed by atoms with E-state index in [-0.39, 0.29) is 12.4 Å². The second-order valence-corrected chi connectivity index (χ2v) is 4.92. The average Bonchev–Trinajstić information content (AvgIpc) is 2.48. The van der Waals surface area contributed by atoms with Gasteiger partial charge in [0, 0.05) is 10.6 Å². The van der Waals surface area contributed by atoms with Crippen molar-refractivity contribution in [1.82, 2.24) is 0 Å². The lowest BCUT2D eigenvalue weighted by atomic mass is 10.1. The number of ether oxygens (including phenoxy) is 2. The lowest BCUT2D eigenvalue weighted by Gasteiger charge is -2.13. The Bertz CT molecular complexity index is 619. The lowest BCUT2D eigenvalue weighted by molar-refractivity contribution is 0.301. The fourth-order valence-electron chi connectivity index (χ4n) is 2.02. The van der Waals surface area contributed by atoms with Crippen LogP contribution in [0.2, 0.25) is 5.02 Å². The third-order valence-corrected chi connectivity index (χ3v) is 3.43. The standard InChI is InChI=1S/C16H17ClFNO2/c1-20-16-6-5-11(9-14(16)18)10-21-15-4-2-3-13(17)12(15)7-8-19/h2-6,9H,7-8,10,19H2,1H3. The molecule has 0 bridgehead atoms. The maximum Gasteiger partial charge on any atom is 0.165 e. The Kier molecular flexibility index (Phi) is 5.42. The number of hydrogen-bond donors (Lipinski definition) is 1. The minimum Gasteiger partial charge on any atom is -0.494 e. The summed E-state index contributed by atoms with van der Waals surface area (Å²) in [5.41, 5.74) is 7.17. The Morgan fingerprint density at radius 2 is 2.00 bits per heavy atom. The van der Waals surface area contributed by atoms with Crippen LogP contribution in [0.25, 0.3) is 0 Å². The topological polar surface area (TPSA) is 44.5 Å². The van der Waals surface area contributed by atoms with Gasteiger partial charge >= 0.3 is 0 Å². The Morgan fingerprint density at radius 3 is 2.67 bits per heavy atom. The van der Waals surface area contributed by atoms with Crippen molar-refractivity contribution in [2.45, 2.75) is 13.0 Å². The molecule has 21 heavy (non-hydrogen) atoms. The molecule has 5 heteroatoms. The van der Waals surface area contributed by atoms with E-state index in [4.69, 9.17) is 26.8 Å². The van der Waals surface area contributed by atoms with E-state index in [9.17, 15) is 4.39 Å². The molecule has 0 radical (unpaired) electrons. The third kappa shape index (κ3) is 3.86. The summed E-state index contributed by atoms with van der Waals surface area (Å²) in [6, 6.07) is 10.2. The van der Waals surface area contributed by atoms with Crippen molar-refractivity contribution < 1.29 is 13.9 Å². The number of benzene rings is 2. The summed E-state index contributed by atoms with van der Waals surface area (Å²) in [4.78, 5) is 0. The van der Waals surface area contributed by atoms with Crippen LogP contribution in [0.3, 0.4) is 0 Å². The second-order valence-electron chi connectivity index (χ2n) is 4.51. The SMILES string of the molecule is COc1ccc(COc2cccc(Cl)c2CCN)cc1F. The van der Waals surface area contributed by atoms with Gasteiger partial charge in [-0.3, -0.25) is 0 Å². The summed E-state index contributed by atoms with van der Waals surface area (Å²) >= 11 is 6.14. The highest BCUT2D eigenvalue weighted by atomic mass is 35.5. The number of nitrogens with two attached hydrogens (primary N) is 1. The van der Waals surface area contributed by atoms with Crippen molar-refractivity contribution in [2.24, 2.45) is 5.73 Å². The molecular weight excluding hydrogens is 293 g/mol. The highest BCUT2D eigenvalue weighted by molar-refractivity contribution is 6.31. The molecule has 0 fully saturated rings. The summed E-state index contributed by atoms with van der Waals surface area (Å²) < 4.78 is 24.2. The highest BCUT2D eigenvalue weighted by Gasteiger charge is 2.09. The van der Waals surface area contributed by atoms with Crippen LogP contribution in [0.5, 0.6) is 11.5 Å². The van der Waals surface area contributed by atoms with E-state index in [2.05, 4.69) is 0 Å². The molecule has 2 aromatic rings. The molecule has 0 saturated carbocycles. The second kappa shape index (κ2) is 7.29. The predicted molar refractivity (Wildman–Crippen MR) is 81.5 cm³/mol. The van der Waals surface area contributed by atoms with Crippen molar-refractivity contribution in [1.29, 1.82) is 0 Å². The molecule has 2 aromatic carbocycles. The van der Waals surface area contributed by atoms with Crippen LogP contribution < -0.4 is 15.2 Å². The summed E-state index contributed by atoms with van der Waals surface area (Å²) in [6.45, 7) is 0.732. The van der Waals surface area contributed by atoms with E-state index in [0.717, 1.165) is 5.56 Å². The van der Waals surface area contributed by atoms with Crippen LogP contribution in [-0.4, -0.2) is 13.7 Å². The van der Waals surface area contributed by atoms with Crippen molar-refractivity contribution >= 4 is 11.6 Å². The summed E-state index contributed by atoms with van der Waals surface area (Å²) in [5, 5.41) is 0.624. The first kappa shape index (κ1) is 15.6. The minimum absolute atomic E-state index is 0.213. The van der Waals surface area contributed by atoms with E-state index in [0.29, 0.717) is 29.3 Å². The van der Waals surface area contributed by atoms with Crippen molar-refractivity contribution in [3.8, 4) is 11.5 Å². The Morgan fingerprint density at radius 1 is 1.19 bits per heavy atom. The van der Waals surface area contributed by atoms with Crippen LogP contribution in [0, 0.1) is 5.82 Å². The van der Waals surface area contributed by atoms with Gasteiger partial charge in [0.15, 0.2) is 11.6 Å². The van der Waals surface area contributed by atoms with Crippen LogP contribution in [0.1, 0.15) is 11.1 Å². The molecule has 0 aliphatic carbocycles. The zero-order chi connectivity index (χ0) is 15.2. The summed E-state index contributed by atoms with van der Waals surface area (Å²) in [6.07, 6.45) is 0.631. The lowest BCUT2D eigenvalue weighted by Crippen LogP contribution is -2.06. The Hall–Kier alpha value is -1.78. The molecule has 2 N–H and O–H groups in total. The normalized spacial score (nSPS) is 10.5. The third-order valence-electron chi connectivity index (χ3n) is 3.08. The number of halogens is 2. The highest BCUT2D eigenvalue weighted by Crippen LogP contribution is 2.27. The maximum atomic E-state index is 13.6. The first-order valence-corrected chi connectivity index (χ1v) is 6.96. The molecule has 2 rings (SSSR count). The molecule has 0 aliphatic heterocycles. The van der Waals surface area contributed by atoms with Crippen LogP contribution in [-0.2, 0) is 13.0 Å². The number of hydrogen-bond acceptors (Lipinski definition) is 3. The fourth-order valence-corrected chi connectivity index (χ4v) is 2.28. The smallest absolute Gasteiger partial charge is 0.165 e. The van der Waals surface area contributed by atoms with Gasteiger partial charge in [-0.15, -0.1) is 0 Å². The molecule has 0 amide bonds. The van der Waals surface area contributed by atoms with Crippen LogP contribution in [0.4, 0.5) is 4.39 Å². The molecule has 0 atom stereocenters. The zero-order valence-electron chi connectivity index (χ0n) is 11.7. The molecular formula is C16H17ClFNO2. The molecule has 112 valence electrons. The van der Waals surface area contributed by atoms with Gasteiger partial charge < -0.3 is 15.2 Å². The number of rotatable bonds is 6. The molecule has 0 unspecified atom stereocenters. The summed E-state index contributed by atoms with van der Waals surface area (Å²) in [7, 11) is 1.43. The first-order chi connectivity index (χ1) is 10.2. The zero-order valence-corrected chi connectivity index (χ0v) is 12.5. The van der Waals surface area contributed by atoms with Gasteiger partial charge in [-0.2, -0.15) is 0 Å². The van der Waals surface area contributed by atoms with E-state index in [1.165, 1.54) is 13.2 Å². The van der Waals surface area contributed by atoms with Gasteiger partial charge in [0.2, 0.25) is 0 Å². The average molecular weight is 310 g/mol. The van der Waals surface area contributed by atoms with Gasteiger partial charge in [0.1, 0.15) is 12.4 Å². The largest absolute Gasteiger partial charge is 0.494 e. The maximum absolute atomic E-state index is 13.6. The predicted octanol–water partition coefficient (Wildman–Crippen LogP) is 3.57. The monoisotopic (exact) mass is 309 g/mol. The van der Waals surface area contributed by atoms with Crippen molar-refractivity contribution in [3.05, 3.63) is 58.4 Å². The molecule has 0 aliphatic rings. The van der Waals surface area contributed by atoms with E-state index >= 15 is 0 Å². The quantitative estimate of drug-likeness (QED) is 0.887. The molecule has 0 saturated heterocycles. The van der Waals surface area contributed by atoms with E-state index in [1.807, 2.05) is 12.1 Å². The number of methoxy groups -OCH3 is 1. The minimum atomic E-state index is -0.410. The molecule has 0 spiro atoms. The van der Waals surface area contributed by atoms with Gasteiger partial charge in [-0.1, -0.05) is 23.7 Å². The Balaban J connectivity index is 2.13. The fraction of sp³-hybridized carbons (Fsp3) is 0.250. The van der Waals surface area contributed by atoms with E-state index in [1.54, 1.807) is 18.2 Å². The van der Waals surface area contributed by atoms with Gasteiger partial charge in [-0.05, 0) is 42.8 Å². The molecule has 0 heterocycles. The molecule has 3 nitrogen and oxygen atoms in total.